The number of hydrogen-bond donors (Lipinski definition) is 1. The Morgan fingerprint density at radius 1 is 1.32 bits per heavy atom. The first-order chi connectivity index (χ1) is 9.11. The van der Waals surface area contributed by atoms with Crippen LogP contribution in [0.15, 0.2) is 12.1 Å². The zero-order valence-corrected chi connectivity index (χ0v) is 12.5. The predicted octanol–water partition coefficient (Wildman–Crippen LogP) is 2.62. The monoisotopic (exact) mass is 263 g/mol. The van der Waals surface area contributed by atoms with E-state index in [-0.39, 0.29) is 0 Å². The first kappa shape index (κ1) is 14.4. The van der Waals surface area contributed by atoms with E-state index in [1.54, 1.807) is 0 Å². The van der Waals surface area contributed by atoms with Gasteiger partial charge in [0.25, 0.3) is 0 Å². The number of likely N-dealkylation sites (N-methyl/N-ethyl adjacent to an activating group) is 1. The molecule has 1 fully saturated rings. The lowest BCUT2D eigenvalue weighted by molar-refractivity contribution is 0.162. The second-order valence-electron chi connectivity index (χ2n) is 5.56. The number of ether oxygens (including phenoxy) is 2. The SMILES string of the molecule is CNC(COc1c(C)cc(C)cc1C)C1CCOC1. The predicted molar refractivity (Wildman–Crippen MR) is 77.9 cm³/mol. The summed E-state index contributed by atoms with van der Waals surface area (Å²) in [5.41, 5.74) is 3.72. The first-order valence-electron chi connectivity index (χ1n) is 7.07. The van der Waals surface area contributed by atoms with Crippen molar-refractivity contribution in [2.75, 3.05) is 26.9 Å². The summed E-state index contributed by atoms with van der Waals surface area (Å²) in [4.78, 5) is 0. The lowest BCUT2D eigenvalue weighted by atomic mass is 10.00. The molecule has 1 aromatic carbocycles. The normalized spacial score (nSPS) is 20.5. The Balaban J connectivity index is 2.01. The van der Waals surface area contributed by atoms with E-state index in [0.29, 0.717) is 18.6 Å². The summed E-state index contributed by atoms with van der Waals surface area (Å²) in [5, 5.41) is 3.36. The summed E-state index contributed by atoms with van der Waals surface area (Å²) in [7, 11) is 2.00. The van der Waals surface area contributed by atoms with Crippen LogP contribution in [0.1, 0.15) is 23.1 Å². The molecule has 0 spiro atoms. The van der Waals surface area contributed by atoms with E-state index in [9.17, 15) is 0 Å². The molecule has 0 aromatic heterocycles. The molecule has 0 bridgehead atoms. The summed E-state index contributed by atoms with van der Waals surface area (Å²) < 4.78 is 11.5. The third-order valence-corrected chi connectivity index (χ3v) is 3.92. The van der Waals surface area contributed by atoms with Gasteiger partial charge in [-0.2, -0.15) is 0 Å². The molecule has 19 heavy (non-hydrogen) atoms. The van der Waals surface area contributed by atoms with E-state index in [1.165, 1.54) is 16.7 Å². The summed E-state index contributed by atoms with van der Waals surface area (Å²) >= 11 is 0. The molecule has 0 aliphatic carbocycles. The van der Waals surface area contributed by atoms with E-state index in [1.807, 2.05) is 7.05 Å². The van der Waals surface area contributed by atoms with Crippen LogP contribution in [0, 0.1) is 26.7 Å². The third-order valence-electron chi connectivity index (χ3n) is 3.92. The lowest BCUT2D eigenvalue weighted by Gasteiger charge is -2.23. The average Bonchev–Trinajstić information content (AvgIpc) is 2.86. The molecule has 106 valence electrons. The Morgan fingerprint density at radius 3 is 2.53 bits per heavy atom. The molecule has 2 atom stereocenters. The molecule has 1 heterocycles. The van der Waals surface area contributed by atoms with Gasteiger partial charge in [-0.25, -0.2) is 0 Å². The standard InChI is InChI=1S/C16H25NO2/c1-11-7-12(2)16(13(3)8-11)19-10-15(17-4)14-5-6-18-9-14/h7-8,14-15,17H,5-6,9-10H2,1-4H3. The van der Waals surface area contributed by atoms with Crippen molar-refractivity contribution in [1.82, 2.24) is 5.32 Å². The van der Waals surface area contributed by atoms with Crippen molar-refractivity contribution >= 4 is 0 Å². The van der Waals surface area contributed by atoms with Gasteiger partial charge in [-0.1, -0.05) is 17.7 Å². The highest BCUT2D eigenvalue weighted by Crippen LogP contribution is 2.25. The van der Waals surface area contributed by atoms with Crippen LogP contribution in [-0.4, -0.2) is 32.9 Å². The fourth-order valence-electron chi connectivity index (χ4n) is 2.89. The molecule has 1 aliphatic heterocycles. The number of nitrogens with one attached hydrogen (secondary N) is 1. The Morgan fingerprint density at radius 2 is 2.00 bits per heavy atom. The van der Waals surface area contributed by atoms with Gasteiger partial charge in [0.1, 0.15) is 12.4 Å². The van der Waals surface area contributed by atoms with Crippen molar-refractivity contribution in [2.24, 2.45) is 5.92 Å². The van der Waals surface area contributed by atoms with E-state index >= 15 is 0 Å². The van der Waals surface area contributed by atoms with Crippen molar-refractivity contribution in [3.05, 3.63) is 28.8 Å². The lowest BCUT2D eigenvalue weighted by Crippen LogP contribution is -2.39. The van der Waals surface area contributed by atoms with Crippen LogP contribution >= 0.6 is 0 Å². The number of rotatable bonds is 5. The molecular formula is C16H25NO2. The molecule has 1 saturated heterocycles. The van der Waals surface area contributed by atoms with Crippen molar-refractivity contribution in [3.63, 3.8) is 0 Å². The largest absolute Gasteiger partial charge is 0.491 e. The van der Waals surface area contributed by atoms with Gasteiger partial charge in [0.05, 0.1) is 6.61 Å². The van der Waals surface area contributed by atoms with Crippen molar-refractivity contribution < 1.29 is 9.47 Å². The molecule has 0 radical (unpaired) electrons. The van der Waals surface area contributed by atoms with Gasteiger partial charge in [-0.15, -0.1) is 0 Å². The molecule has 0 amide bonds. The molecule has 1 aliphatic rings. The van der Waals surface area contributed by atoms with E-state index in [4.69, 9.17) is 9.47 Å². The number of aryl methyl sites for hydroxylation is 3. The summed E-state index contributed by atoms with van der Waals surface area (Å²) in [6.07, 6.45) is 1.13. The molecule has 2 unspecified atom stereocenters. The van der Waals surface area contributed by atoms with Crippen LogP contribution < -0.4 is 10.1 Å². The molecule has 2 rings (SSSR count). The Kier molecular flexibility index (Phi) is 4.83. The highest BCUT2D eigenvalue weighted by atomic mass is 16.5. The minimum Gasteiger partial charge on any atom is -0.491 e. The molecule has 3 nitrogen and oxygen atoms in total. The Hall–Kier alpha value is -1.06. The van der Waals surface area contributed by atoms with Gasteiger partial charge in [0.15, 0.2) is 0 Å². The van der Waals surface area contributed by atoms with Crippen LogP contribution in [0.25, 0.3) is 0 Å². The fraction of sp³-hybridized carbons (Fsp3) is 0.625. The van der Waals surface area contributed by atoms with Crippen LogP contribution in [0.4, 0.5) is 0 Å². The molecule has 3 heteroatoms. The van der Waals surface area contributed by atoms with E-state index in [2.05, 4.69) is 38.2 Å². The molecule has 1 N–H and O–H groups in total. The van der Waals surface area contributed by atoms with Crippen LogP contribution in [0.3, 0.4) is 0 Å². The Labute approximate surface area is 116 Å². The quantitative estimate of drug-likeness (QED) is 0.886. The minimum absolute atomic E-state index is 0.364. The smallest absolute Gasteiger partial charge is 0.125 e. The molecule has 1 aromatic rings. The minimum atomic E-state index is 0.364. The van der Waals surface area contributed by atoms with Gasteiger partial charge < -0.3 is 14.8 Å². The van der Waals surface area contributed by atoms with E-state index in [0.717, 1.165) is 25.4 Å². The zero-order chi connectivity index (χ0) is 13.8. The van der Waals surface area contributed by atoms with Gasteiger partial charge in [0, 0.05) is 18.6 Å². The van der Waals surface area contributed by atoms with Crippen LogP contribution in [-0.2, 0) is 4.74 Å². The van der Waals surface area contributed by atoms with Gasteiger partial charge in [0.2, 0.25) is 0 Å². The van der Waals surface area contributed by atoms with Gasteiger partial charge >= 0.3 is 0 Å². The first-order valence-corrected chi connectivity index (χ1v) is 7.07. The second kappa shape index (κ2) is 6.40. The van der Waals surface area contributed by atoms with E-state index < -0.39 is 0 Å². The van der Waals surface area contributed by atoms with Crippen molar-refractivity contribution in [3.8, 4) is 5.75 Å². The van der Waals surface area contributed by atoms with Gasteiger partial charge in [-0.05, 0) is 45.4 Å². The molecular weight excluding hydrogens is 238 g/mol. The molecule has 0 saturated carbocycles. The maximum absolute atomic E-state index is 6.07. The highest BCUT2D eigenvalue weighted by molar-refractivity contribution is 5.42. The Bertz CT molecular complexity index is 402. The number of hydrogen-bond acceptors (Lipinski definition) is 3. The second-order valence-corrected chi connectivity index (χ2v) is 5.56. The van der Waals surface area contributed by atoms with Crippen LogP contribution in [0.2, 0.25) is 0 Å². The third kappa shape index (κ3) is 3.48. The summed E-state index contributed by atoms with van der Waals surface area (Å²) in [6.45, 7) is 8.78. The van der Waals surface area contributed by atoms with Crippen molar-refractivity contribution in [1.29, 1.82) is 0 Å². The fourth-order valence-corrected chi connectivity index (χ4v) is 2.89. The van der Waals surface area contributed by atoms with Crippen LogP contribution in [0.5, 0.6) is 5.75 Å². The zero-order valence-electron chi connectivity index (χ0n) is 12.5. The summed E-state index contributed by atoms with van der Waals surface area (Å²) in [5.74, 6) is 1.60. The topological polar surface area (TPSA) is 30.5 Å². The summed E-state index contributed by atoms with van der Waals surface area (Å²) in [6, 6.07) is 4.72. The average molecular weight is 263 g/mol. The highest BCUT2D eigenvalue weighted by Gasteiger charge is 2.25. The van der Waals surface area contributed by atoms with Gasteiger partial charge in [-0.3, -0.25) is 0 Å². The van der Waals surface area contributed by atoms with Crippen molar-refractivity contribution in [2.45, 2.75) is 33.2 Å². The number of benzene rings is 1. The maximum atomic E-state index is 6.07. The maximum Gasteiger partial charge on any atom is 0.125 e.